The summed E-state index contributed by atoms with van der Waals surface area (Å²) in [5, 5.41) is 1.00. The summed E-state index contributed by atoms with van der Waals surface area (Å²) < 4.78 is 0. The fourth-order valence-corrected chi connectivity index (χ4v) is 2.00. The molecule has 0 unspecified atom stereocenters. The Morgan fingerprint density at radius 2 is 1.83 bits per heavy atom. The van der Waals surface area contributed by atoms with Crippen molar-refractivity contribution in [1.29, 1.82) is 0 Å². The average Bonchev–Trinajstić information content (AvgIpc) is 2.55. The molecule has 6 nitrogen and oxygen atoms in total. The third-order valence-corrected chi connectivity index (χ3v) is 3.05. The summed E-state index contributed by atoms with van der Waals surface area (Å²) in [5.74, 6) is -0.565. The molecule has 0 aliphatic rings. The van der Waals surface area contributed by atoms with E-state index in [-0.39, 0.29) is 6.42 Å². The second-order valence-corrected chi connectivity index (χ2v) is 4.86. The van der Waals surface area contributed by atoms with E-state index in [0.717, 1.165) is 16.2 Å². The second-order valence-electron chi connectivity index (χ2n) is 4.86. The van der Waals surface area contributed by atoms with Gasteiger partial charge in [0.1, 0.15) is 0 Å². The van der Waals surface area contributed by atoms with Crippen LogP contribution in [0.1, 0.15) is 11.1 Å². The molecule has 0 fully saturated rings. The Morgan fingerprint density at radius 1 is 1.09 bits per heavy atom. The molecule has 120 valence electrons. The van der Waals surface area contributed by atoms with Crippen molar-refractivity contribution in [1.82, 2.24) is 5.48 Å². The summed E-state index contributed by atoms with van der Waals surface area (Å²) >= 11 is 0. The van der Waals surface area contributed by atoms with Gasteiger partial charge in [0.05, 0.1) is 19.2 Å². The number of benzene rings is 2. The van der Waals surface area contributed by atoms with Crippen molar-refractivity contribution in [2.45, 2.75) is 13.3 Å². The molecule has 0 spiro atoms. The first-order chi connectivity index (χ1) is 11.1. The largest absolute Gasteiger partial charge is 0.379 e. The van der Waals surface area contributed by atoms with Crippen LogP contribution in [-0.4, -0.2) is 19.1 Å². The van der Waals surface area contributed by atoms with E-state index < -0.39 is 12.0 Å². The minimum atomic E-state index is -0.695. The molecule has 0 atom stereocenters. The lowest BCUT2D eigenvalue weighted by molar-refractivity contribution is -0.147. The van der Waals surface area contributed by atoms with E-state index in [0.29, 0.717) is 5.69 Å². The number of amides is 2. The van der Waals surface area contributed by atoms with Crippen LogP contribution in [0.4, 0.5) is 10.5 Å². The van der Waals surface area contributed by atoms with Crippen LogP contribution in [0.5, 0.6) is 0 Å². The van der Waals surface area contributed by atoms with Gasteiger partial charge in [-0.3, -0.25) is 4.84 Å². The first kappa shape index (κ1) is 16.5. The number of nitrogens with zero attached hydrogens (tertiary/aromatic N) is 1. The Bertz CT molecular complexity index is 673. The van der Waals surface area contributed by atoms with Gasteiger partial charge in [0.25, 0.3) is 0 Å². The molecule has 0 saturated heterocycles. The van der Waals surface area contributed by atoms with Crippen LogP contribution in [0, 0.1) is 6.92 Å². The number of aryl methyl sites for hydroxylation is 1. The summed E-state index contributed by atoms with van der Waals surface area (Å²) in [6, 6.07) is 15.6. The Hall–Kier alpha value is -2.86. The normalized spacial score (nSPS) is 10.0. The summed E-state index contributed by atoms with van der Waals surface area (Å²) in [6.07, 6.45) is 0.0680. The van der Waals surface area contributed by atoms with Gasteiger partial charge in [0, 0.05) is 0 Å². The molecule has 0 saturated carbocycles. The Morgan fingerprint density at radius 3 is 2.48 bits per heavy atom. The van der Waals surface area contributed by atoms with Crippen LogP contribution in [0.2, 0.25) is 0 Å². The van der Waals surface area contributed by atoms with Gasteiger partial charge in [-0.2, -0.15) is 10.5 Å². The molecule has 0 aliphatic carbocycles. The monoisotopic (exact) mass is 314 g/mol. The first-order valence-electron chi connectivity index (χ1n) is 7.04. The predicted octanol–water partition coefficient (Wildman–Crippen LogP) is 2.77. The van der Waals surface area contributed by atoms with Crippen molar-refractivity contribution in [3.8, 4) is 0 Å². The molecule has 2 aromatic carbocycles. The van der Waals surface area contributed by atoms with Crippen molar-refractivity contribution >= 4 is 17.7 Å². The summed E-state index contributed by atoms with van der Waals surface area (Å²) in [4.78, 5) is 33.6. The maximum absolute atomic E-state index is 12.1. The third kappa shape index (κ3) is 4.82. The average molecular weight is 314 g/mol. The number of rotatable bonds is 4. The van der Waals surface area contributed by atoms with Gasteiger partial charge >= 0.3 is 12.0 Å². The number of carbonyl (C=O) groups excluding carboxylic acids is 2. The highest BCUT2D eigenvalue weighted by molar-refractivity contribution is 5.90. The van der Waals surface area contributed by atoms with Gasteiger partial charge in [-0.1, -0.05) is 42.5 Å². The van der Waals surface area contributed by atoms with Crippen molar-refractivity contribution in [2.75, 3.05) is 12.2 Å². The van der Waals surface area contributed by atoms with Crippen LogP contribution in [-0.2, 0) is 20.9 Å². The zero-order valence-electron chi connectivity index (χ0n) is 13.0. The van der Waals surface area contributed by atoms with Gasteiger partial charge in [-0.25, -0.2) is 9.59 Å². The van der Waals surface area contributed by atoms with Crippen LogP contribution >= 0.6 is 0 Å². The Kier molecular flexibility index (Phi) is 5.71. The molecule has 2 rings (SSSR count). The summed E-state index contributed by atoms with van der Waals surface area (Å²) in [5.41, 5.74) is 4.39. The molecule has 0 heterocycles. The van der Waals surface area contributed by atoms with Gasteiger partial charge in [0.15, 0.2) is 0 Å². The lowest BCUT2D eigenvalue weighted by atomic mass is 10.2. The van der Waals surface area contributed by atoms with Gasteiger partial charge < -0.3 is 4.84 Å². The maximum Gasteiger partial charge on any atom is 0.379 e. The number of carbonyl (C=O) groups is 2. The second kappa shape index (κ2) is 7.95. The Labute approximate surface area is 134 Å². The highest BCUT2D eigenvalue weighted by atomic mass is 16.7. The highest BCUT2D eigenvalue weighted by Crippen LogP contribution is 2.16. The lowest BCUT2D eigenvalue weighted by Gasteiger charge is -2.19. The van der Waals surface area contributed by atoms with Crippen molar-refractivity contribution in [2.24, 2.45) is 0 Å². The fraction of sp³-hybridized carbons (Fsp3) is 0.176. The van der Waals surface area contributed by atoms with Crippen LogP contribution in [0.15, 0.2) is 54.6 Å². The smallest absolute Gasteiger partial charge is 0.339 e. The number of hydrogen-bond donors (Lipinski definition) is 1. The zero-order valence-corrected chi connectivity index (χ0v) is 13.0. The van der Waals surface area contributed by atoms with Crippen LogP contribution < -0.4 is 10.5 Å². The van der Waals surface area contributed by atoms with Crippen molar-refractivity contribution in [3.05, 3.63) is 65.7 Å². The highest BCUT2D eigenvalue weighted by Gasteiger charge is 2.17. The zero-order chi connectivity index (χ0) is 16.7. The van der Waals surface area contributed by atoms with E-state index in [1.807, 2.05) is 31.2 Å². The van der Waals surface area contributed by atoms with Gasteiger partial charge in [0.2, 0.25) is 0 Å². The fourth-order valence-electron chi connectivity index (χ4n) is 2.00. The van der Waals surface area contributed by atoms with Crippen LogP contribution in [0.25, 0.3) is 0 Å². The molecule has 0 aliphatic heterocycles. The number of urea groups is 1. The van der Waals surface area contributed by atoms with E-state index in [1.165, 1.54) is 7.11 Å². The Balaban J connectivity index is 1.91. The molecule has 0 aromatic heterocycles. The quantitative estimate of drug-likeness (QED) is 0.881. The molecule has 0 bridgehead atoms. The topological polar surface area (TPSA) is 67.9 Å². The molecule has 2 aromatic rings. The van der Waals surface area contributed by atoms with E-state index >= 15 is 0 Å². The molecule has 23 heavy (non-hydrogen) atoms. The predicted molar refractivity (Wildman–Crippen MR) is 85.4 cm³/mol. The molecule has 6 heteroatoms. The summed E-state index contributed by atoms with van der Waals surface area (Å²) in [7, 11) is 1.35. The SMILES string of the molecule is CON(C(=O)NOC(=O)Cc1ccccc1)c1cccc(C)c1. The summed E-state index contributed by atoms with van der Waals surface area (Å²) in [6.45, 7) is 1.90. The number of hydrogen-bond acceptors (Lipinski definition) is 4. The van der Waals surface area contributed by atoms with Crippen molar-refractivity contribution < 1.29 is 19.3 Å². The van der Waals surface area contributed by atoms with E-state index in [4.69, 9.17) is 9.68 Å². The molecule has 2 amide bonds. The minimum absolute atomic E-state index is 0.0680. The maximum atomic E-state index is 12.1. The molecule has 1 N–H and O–H groups in total. The lowest BCUT2D eigenvalue weighted by Crippen LogP contribution is -2.40. The van der Waals surface area contributed by atoms with E-state index in [1.54, 1.807) is 30.3 Å². The number of nitrogens with one attached hydrogen (secondary N) is 1. The molecule has 0 radical (unpaired) electrons. The van der Waals surface area contributed by atoms with E-state index in [9.17, 15) is 9.59 Å². The third-order valence-electron chi connectivity index (χ3n) is 3.05. The molecular formula is C17H18N2O4. The standard InChI is InChI=1S/C17H18N2O4/c1-13-7-6-10-15(11-13)19(22-2)17(21)18-23-16(20)12-14-8-4-3-5-9-14/h3-11H,12H2,1-2H3,(H,18,21). The minimum Gasteiger partial charge on any atom is -0.339 e. The van der Waals surface area contributed by atoms with Gasteiger partial charge in [-0.05, 0) is 30.2 Å². The van der Waals surface area contributed by atoms with Gasteiger partial charge in [-0.15, -0.1) is 0 Å². The van der Waals surface area contributed by atoms with Crippen molar-refractivity contribution in [3.63, 3.8) is 0 Å². The van der Waals surface area contributed by atoms with E-state index in [2.05, 4.69) is 5.48 Å². The van der Waals surface area contributed by atoms with Crippen LogP contribution in [0.3, 0.4) is 0 Å². The first-order valence-corrected chi connectivity index (χ1v) is 7.04. The number of anilines is 1. The number of hydroxylamine groups is 2. The molecular weight excluding hydrogens is 296 g/mol.